The fourth-order valence-electron chi connectivity index (χ4n) is 1.64. The number of halogens is 3. The molecule has 0 aliphatic carbocycles. The highest BCUT2D eigenvalue weighted by Crippen LogP contribution is 2.28. The summed E-state index contributed by atoms with van der Waals surface area (Å²) in [4.78, 5) is 3.39. The van der Waals surface area contributed by atoms with Gasteiger partial charge in [0, 0.05) is 25.5 Å². The largest absolute Gasteiger partial charge is 0.402 e. The van der Waals surface area contributed by atoms with Crippen LogP contribution in [0.3, 0.4) is 0 Å². The number of rotatable bonds is 5. The molecule has 0 aromatic carbocycles. The number of aromatic nitrogens is 1. The van der Waals surface area contributed by atoms with E-state index in [1.54, 1.807) is 0 Å². The average molecular weight is 311 g/mol. The monoisotopic (exact) mass is 311 g/mol. The molecule has 0 unspecified atom stereocenters. The maximum atomic E-state index is 12.6. The molecule has 1 aromatic heterocycles. The third-order valence-corrected chi connectivity index (χ3v) is 4.60. The van der Waals surface area contributed by atoms with E-state index in [1.807, 2.05) is 0 Å². The summed E-state index contributed by atoms with van der Waals surface area (Å²) in [6.45, 7) is 1.24. The number of pyridine rings is 1. The van der Waals surface area contributed by atoms with Crippen LogP contribution in [0.25, 0.3) is 0 Å². The number of alkyl halides is 3. The molecule has 0 saturated heterocycles. The molecule has 0 aliphatic rings. The van der Waals surface area contributed by atoms with Gasteiger partial charge in [-0.05, 0) is 19.9 Å². The lowest BCUT2D eigenvalue weighted by molar-refractivity contribution is -0.138. The normalized spacial score (nSPS) is 13.0. The van der Waals surface area contributed by atoms with E-state index < -0.39 is 28.8 Å². The second-order valence-corrected chi connectivity index (χ2v) is 6.24. The standard InChI is InChI=1S/C11H16F3N3O2S/c1-8(2)17(7-11(12,13)14)20(18,19)10-6-16-5-4-9(10)15-3/h4-6,8H,7H2,1-3H3,(H,15,16). The molecule has 1 N–H and O–H groups in total. The van der Waals surface area contributed by atoms with Crippen LogP contribution in [0.5, 0.6) is 0 Å². The smallest absolute Gasteiger partial charge is 0.387 e. The number of nitrogens with zero attached hydrogens (tertiary/aromatic N) is 2. The first kappa shape index (κ1) is 16.7. The summed E-state index contributed by atoms with van der Waals surface area (Å²) in [6, 6.07) is 0.561. The molecule has 0 radical (unpaired) electrons. The first-order valence-electron chi connectivity index (χ1n) is 5.80. The lowest BCUT2D eigenvalue weighted by Gasteiger charge is -2.27. The van der Waals surface area contributed by atoms with E-state index in [-0.39, 0.29) is 10.6 Å². The number of sulfonamides is 1. The highest BCUT2D eigenvalue weighted by molar-refractivity contribution is 7.89. The van der Waals surface area contributed by atoms with Crippen molar-refractivity contribution in [3.63, 3.8) is 0 Å². The molecule has 1 rings (SSSR count). The molecule has 0 atom stereocenters. The molecule has 0 bridgehead atoms. The van der Waals surface area contributed by atoms with Gasteiger partial charge in [0.15, 0.2) is 0 Å². The van der Waals surface area contributed by atoms with Gasteiger partial charge in [0.05, 0.1) is 5.69 Å². The summed E-state index contributed by atoms with van der Waals surface area (Å²) < 4.78 is 62.8. The maximum Gasteiger partial charge on any atom is 0.402 e. The first-order valence-corrected chi connectivity index (χ1v) is 7.24. The van der Waals surface area contributed by atoms with Gasteiger partial charge in [-0.25, -0.2) is 8.42 Å². The molecular formula is C11H16F3N3O2S. The van der Waals surface area contributed by atoms with Crippen LogP contribution in [0, 0.1) is 0 Å². The molecule has 20 heavy (non-hydrogen) atoms. The highest BCUT2D eigenvalue weighted by Gasteiger charge is 2.39. The maximum absolute atomic E-state index is 12.6. The zero-order chi connectivity index (χ0) is 15.6. The number of anilines is 1. The molecular weight excluding hydrogens is 295 g/mol. The minimum Gasteiger partial charge on any atom is -0.387 e. The fraction of sp³-hybridized carbons (Fsp3) is 0.545. The quantitative estimate of drug-likeness (QED) is 0.904. The second kappa shape index (κ2) is 5.96. The molecule has 5 nitrogen and oxygen atoms in total. The van der Waals surface area contributed by atoms with Crippen LogP contribution in [0.15, 0.2) is 23.4 Å². The van der Waals surface area contributed by atoms with Crippen molar-refractivity contribution in [2.24, 2.45) is 0 Å². The van der Waals surface area contributed by atoms with Crippen molar-refractivity contribution in [1.29, 1.82) is 0 Å². The average Bonchev–Trinajstić information content (AvgIpc) is 2.34. The minimum absolute atomic E-state index is 0.202. The molecule has 9 heteroatoms. The zero-order valence-electron chi connectivity index (χ0n) is 11.3. The van der Waals surface area contributed by atoms with E-state index in [4.69, 9.17) is 0 Å². The molecule has 0 amide bonds. The molecule has 0 aliphatic heterocycles. The predicted octanol–water partition coefficient (Wildman–Crippen LogP) is 2.08. The zero-order valence-corrected chi connectivity index (χ0v) is 12.1. The second-order valence-electron chi connectivity index (χ2n) is 4.38. The Hall–Kier alpha value is -1.35. The van der Waals surface area contributed by atoms with Crippen LogP contribution >= 0.6 is 0 Å². The number of nitrogens with one attached hydrogen (secondary N) is 1. The summed E-state index contributed by atoms with van der Waals surface area (Å²) in [7, 11) is -2.80. The van der Waals surface area contributed by atoms with Gasteiger partial charge in [-0.15, -0.1) is 0 Å². The van der Waals surface area contributed by atoms with Gasteiger partial charge in [0.25, 0.3) is 0 Å². The Morgan fingerprint density at radius 1 is 1.40 bits per heavy atom. The fourth-order valence-corrected chi connectivity index (χ4v) is 3.41. The SMILES string of the molecule is CNc1ccncc1S(=O)(=O)N(CC(F)(F)F)C(C)C. The van der Waals surface area contributed by atoms with Crippen LogP contribution in [0.1, 0.15) is 13.8 Å². The Balaban J connectivity index is 3.30. The van der Waals surface area contributed by atoms with E-state index in [9.17, 15) is 21.6 Å². The van der Waals surface area contributed by atoms with Gasteiger partial charge >= 0.3 is 6.18 Å². The Labute approximate surface area is 115 Å². The van der Waals surface area contributed by atoms with Gasteiger partial charge in [-0.2, -0.15) is 17.5 Å². The highest BCUT2D eigenvalue weighted by atomic mass is 32.2. The van der Waals surface area contributed by atoms with Crippen LogP contribution < -0.4 is 5.32 Å². The molecule has 0 fully saturated rings. The Bertz CT molecular complexity index is 558. The topological polar surface area (TPSA) is 62.3 Å². The van der Waals surface area contributed by atoms with Crippen molar-refractivity contribution < 1.29 is 21.6 Å². The molecule has 1 aromatic rings. The van der Waals surface area contributed by atoms with E-state index in [0.717, 1.165) is 6.20 Å². The summed E-state index contributed by atoms with van der Waals surface area (Å²) >= 11 is 0. The van der Waals surface area contributed by atoms with E-state index in [0.29, 0.717) is 4.31 Å². The van der Waals surface area contributed by atoms with E-state index >= 15 is 0 Å². The summed E-state index contributed by atoms with van der Waals surface area (Å²) in [5.41, 5.74) is 0.202. The van der Waals surface area contributed by atoms with Crippen LogP contribution in [-0.4, -0.2) is 43.5 Å². The van der Waals surface area contributed by atoms with E-state index in [2.05, 4.69) is 10.3 Å². The van der Waals surface area contributed by atoms with Crippen LogP contribution in [-0.2, 0) is 10.0 Å². The lowest BCUT2D eigenvalue weighted by atomic mass is 10.4. The van der Waals surface area contributed by atoms with Crippen molar-refractivity contribution in [2.45, 2.75) is 31.0 Å². The van der Waals surface area contributed by atoms with Crippen molar-refractivity contribution >= 4 is 15.7 Å². The summed E-state index contributed by atoms with van der Waals surface area (Å²) in [5.74, 6) is 0. The Kier molecular flexibility index (Phi) is 4.98. The van der Waals surface area contributed by atoms with Gasteiger partial charge in [0.2, 0.25) is 10.0 Å². The third kappa shape index (κ3) is 3.83. The van der Waals surface area contributed by atoms with Crippen LogP contribution in [0.4, 0.5) is 18.9 Å². The van der Waals surface area contributed by atoms with Crippen molar-refractivity contribution in [3.8, 4) is 0 Å². The van der Waals surface area contributed by atoms with Gasteiger partial charge < -0.3 is 5.32 Å². The molecule has 0 spiro atoms. The third-order valence-electron chi connectivity index (χ3n) is 2.55. The van der Waals surface area contributed by atoms with Gasteiger partial charge in [0.1, 0.15) is 11.4 Å². The van der Waals surface area contributed by atoms with Gasteiger partial charge in [-0.3, -0.25) is 4.98 Å². The molecule has 0 saturated carbocycles. The van der Waals surface area contributed by atoms with Crippen LogP contribution in [0.2, 0.25) is 0 Å². The van der Waals surface area contributed by atoms with Crippen molar-refractivity contribution in [3.05, 3.63) is 18.5 Å². The molecule has 1 heterocycles. The van der Waals surface area contributed by atoms with Crippen molar-refractivity contribution in [1.82, 2.24) is 9.29 Å². The molecule has 114 valence electrons. The first-order chi connectivity index (χ1) is 9.09. The van der Waals surface area contributed by atoms with E-state index in [1.165, 1.54) is 33.2 Å². The Morgan fingerprint density at radius 3 is 2.45 bits per heavy atom. The Morgan fingerprint density at radius 2 is 2.00 bits per heavy atom. The summed E-state index contributed by atoms with van der Waals surface area (Å²) in [5, 5.41) is 2.63. The lowest BCUT2D eigenvalue weighted by Crippen LogP contribution is -2.43. The van der Waals surface area contributed by atoms with Gasteiger partial charge in [-0.1, -0.05) is 0 Å². The summed E-state index contributed by atoms with van der Waals surface area (Å²) in [6.07, 6.45) is -2.22. The number of hydrogen-bond acceptors (Lipinski definition) is 4. The number of hydrogen-bond donors (Lipinski definition) is 1. The predicted molar refractivity (Wildman–Crippen MR) is 68.9 cm³/mol. The van der Waals surface area contributed by atoms with Crippen molar-refractivity contribution in [2.75, 3.05) is 18.9 Å². The minimum atomic E-state index is -4.61.